The number of methoxy groups -OCH3 is 1. The molecule has 0 unspecified atom stereocenters. The molecule has 1 aromatic carbocycles. The largest absolute Gasteiger partial charge is 0.496 e. The lowest BCUT2D eigenvalue weighted by molar-refractivity contribution is 0.416. The molecule has 4 heteroatoms. The smallest absolute Gasteiger partial charge is 0.146 e. The van der Waals surface area contributed by atoms with Crippen LogP contribution in [-0.2, 0) is 0 Å². The predicted octanol–water partition coefficient (Wildman–Crippen LogP) is 3.00. The third-order valence-electron chi connectivity index (χ3n) is 3.06. The maximum absolute atomic E-state index is 9.51. The molecule has 2 rings (SSSR count). The molecule has 102 valence electrons. The molecule has 0 radical (unpaired) electrons. The SMILES string of the molecule is COc1ccccc1-c1cc(C)nc(N(C)C)c1C#N. The second kappa shape index (κ2) is 5.62. The fourth-order valence-corrected chi connectivity index (χ4v) is 2.17. The number of rotatable bonds is 3. The third-order valence-corrected chi connectivity index (χ3v) is 3.06. The Hall–Kier alpha value is -2.54. The number of anilines is 1. The molecule has 0 aliphatic heterocycles. The van der Waals surface area contributed by atoms with Crippen molar-refractivity contribution >= 4 is 5.82 Å². The average Bonchev–Trinajstić information content (AvgIpc) is 2.46. The zero-order valence-corrected chi connectivity index (χ0v) is 12.1. The lowest BCUT2D eigenvalue weighted by atomic mass is 9.99. The molecule has 20 heavy (non-hydrogen) atoms. The van der Waals surface area contributed by atoms with Gasteiger partial charge in [0.25, 0.3) is 0 Å². The molecule has 0 amide bonds. The Balaban J connectivity index is 2.77. The number of aromatic nitrogens is 1. The van der Waals surface area contributed by atoms with Gasteiger partial charge in [0.05, 0.1) is 7.11 Å². The summed E-state index contributed by atoms with van der Waals surface area (Å²) < 4.78 is 5.40. The van der Waals surface area contributed by atoms with Crippen molar-refractivity contribution in [1.29, 1.82) is 5.26 Å². The van der Waals surface area contributed by atoms with Gasteiger partial charge < -0.3 is 9.64 Å². The fourth-order valence-electron chi connectivity index (χ4n) is 2.17. The molecule has 2 aromatic rings. The number of hydrogen-bond acceptors (Lipinski definition) is 4. The maximum Gasteiger partial charge on any atom is 0.146 e. The fraction of sp³-hybridized carbons (Fsp3) is 0.250. The van der Waals surface area contributed by atoms with E-state index < -0.39 is 0 Å². The zero-order chi connectivity index (χ0) is 14.7. The Morgan fingerprint density at radius 3 is 2.50 bits per heavy atom. The molecule has 4 nitrogen and oxygen atoms in total. The van der Waals surface area contributed by atoms with Crippen LogP contribution in [0.3, 0.4) is 0 Å². The quantitative estimate of drug-likeness (QED) is 0.857. The highest BCUT2D eigenvalue weighted by Crippen LogP contribution is 2.35. The van der Waals surface area contributed by atoms with Crippen LogP contribution in [0.15, 0.2) is 30.3 Å². The molecule has 0 spiro atoms. The zero-order valence-electron chi connectivity index (χ0n) is 12.1. The van der Waals surface area contributed by atoms with Crippen molar-refractivity contribution in [1.82, 2.24) is 4.98 Å². The normalized spacial score (nSPS) is 9.95. The third kappa shape index (κ3) is 2.43. The number of hydrogen-bond donors (Lipinski definition) is 0. The molecule has 0 fully saturated rings. The van der Waals surface area contributed by atoms with Gasteiger partial charge in [0.15, 0.2) is 0 Å². The van der Waals surface area contributed by atoms with E-state index in [0.717, 1.165) is 22.6 Å². The predicted molar refractivity (Wildman–Crippen MR) is 80.0 cm³/mol. The van der Waals surface area contributed by atoms with Crippen LogP contribution in [0.4, 0.5) is 5.82 Å². The highest BCUT2D eigenvalue weighted by molar-refractivity contribution is 5.80. The lowest BCUT2D eigenvalue weighted by Gasteiger charge is -2.17. The number of benzene rings is 1. The van der Waals surface area contributed by atoms with Crippen LogP contribution in [0.25, 0.3) is 11.1 Å². The highest BCUT2D eigenvalue weighted by Gasteiger charge is 2.16. The Morgan fingerprint density at radius 2 is 1.90 bits per heavy atom. The van der Waals surface area contributed by atoms with E-state index in [1.165, 1.54) is 0 Å². The number of ether oxygens (including phenoxy) is 1. The summed E-state index contributed by atoms with van der Waals surface area (Å²) in [6, 6.07) is 11.9. The van der Waals surface area contributed by atoms with Crippen LogP contribution < -0.4 is 9.64 Å². The van der Waals surface area contributed by atoms with Crippen LogP contribution in [0, 0.1) is 18.3 Å². The van der Waals surface area contributed by atoms with Gasteiger partial charge in [-0.15, -0.1) is 0 Å². The Kier molecular flexibility index (Phi) is 3.90. The van der Waals surface area contributed by atoms with E-state index >= 15 is 0 Å². The Bertz CT molecular complexity index is 672. The first-order valence-corrected chi connectivity index (χ1v) is 6.31. The molecular weight excluding hydrogens is 250 g/mol. The van der Waals surface area contributed by atoms with Crippen molar-refractivity contribution in [3.05, 3.63) is 41.6 Å². The molecule has 0 aliphatic carbocycles. The van der Waals surface area contributed by atoms with Gasteiger partial charge in [-0.2, -0.15) is 5.26 Å². The second-order valence-electron chi connectivity index (χ2n) is 4.72. The Labute approximate surface area is 119 Å². The monoisotopic (exact) mass is 267 g/mol. The minimum absolute atomic E-state index is 0.560. The summed E-state index contributed by atoms with van der Waals surface area (Å²) in [6.07, 6.45) is 0. The van der Waals surface area contributed by atoms with Crippen molar-refractivity contribution in [2.75, 3.05) is 26.1 Å². The molecule has 0 bridgehead atoms. The number of aryl methyl sites for hydroxylation is 1. The van der Waals surface area contributed by atoms with E-state index in [0.29, 0.717) is 11.4 Å². The molecule has 0 saturated carbocycles. The first-order chi connectivity index (χ1) is 9.58. The molecule has 1 heterocycles. The molecular formula is C16H17N3O. The number of nitrogens with zero attached hydrogens (tertiary/aromatic N) is 3. The molecule has 0 saturated heterocycles. The van der Waals surface area contributed by atoms with Gasteiger partial charge >= 0.3 is 0 Å². The van der Waals surface area contributed by atoms with Gasteiger partial charge in [-0.05, 0) is 19.1 Å². The Morgan fingerprint density at radius 1 is 1.20 bits per heavy atom. The topological polar surface area (TPSA) is 49.1 Å². The molecule has 0 N–H and O–H groups in total. The van der Waals surface area contributed by atoms with E-state index in [1.54, 1.807) is 7.11 Å². The number of nitriles is 1. The second-order valence-corrected chi connectivity index (χ2v) is 4.72. The van der Waals surface area contributed by atoms with E-state index in [9.17, 15) is 5.26 Å². The van der Waals surface area contributed by atoms with Gasteiger partial charge in [-0.3, -0.25) is 0 Å². The first kappa shape index (κ1) is 13.9. The lowest BCUT2D eigenvalue weighted by Crippen LogP contribution is -2.13. The molecule has 0 aliphatic rings. The van der Waals surface area contributed by atoms with Crippen molar-refractivity contribution in [2.24, 2.45) is 0 Å². The van der Waals surface area contributed by atoms with Gasteiger partial charge in [0.1, 0.15) is 23.2 Å². The number of para-hydroxylation sites is 1. The summed E-state index contributed by atoms with van der Waals surface area (Å²) in [7, 11) is 5.40. The van der Waals surface area contributed by atoms with Crippen molar-refractivity contribution in [3.8, 4) is 22.9 Å². The van der Waals surface area contributed by atoms with E-state index in [4.69, 9.17) is 4.74 Å². The van der Waals surface area contributed by atoms with Crippen LogP contribution in [0.2, 0.25) is 0 Å². The molecule has 1 aromatic heterocycles. The van der Waals surface area contributed by atoms with E-state index in [2.05, 4.69) is 11.1 Å². The minimum Gasteiger partial charge on any atom is -0.496 e. The van der Waals surface area contributed by atoms with E-state index in [-0.39, 0.29) is 0 Å². The summed E-state index contributed by atoms with van der Waals surface area (Å²) in [5.41, 5.74) is 3.18. The van der Waals surface area contributed by atoms with Gasteiger partial charge in [-0.1, -0.05) is 18.2 Å². The van der Waals surface area contributed by atoms with Gasteiger partial charge in [0.2, 0.25) is 0 Å². The highest BCUT2D eigenvalue weighted by atomic mass is 16.5. The van der Waals surface area contributed by atoms with Crippen LogP contribution >= 0.6 is 0 Å². The first-order valence-electron chi connectivity index (χ1n) is 6.31. The van der Waals surface area contributed by atoms with Gasteiger partial charge in [-0.25, -0.2) is 4.98 Å². The van der Waals surface area contributed by atoms with Crippen LogP contribution in [0.1, 0.15) is 11.3 Å². The average molecular weight is 267 g/mol. The van der Waals surface area contributed by atoms with Crippen LogP contribution in [-0.4, -0.2) is 26.2 Å². The summed E-state index contributed by atoms with van der Waals surface area (Å²) in [5, 5.41) is 9.51. The molecule has 0 atom stereocenters. The maximum atomic E-state index is 9.51. The summed E-state index contributed by atoms with van der Waals surface area (Å²) in [5.74, 6) is 1.42. The van der Waals surface area contributed by atoms with Gasteiger partial charge in [0, 0.05) is 30.9 Å². The standard InChI is InChI=1S/C16H17N3O/c1-11-9-13(12-7-5-6-8-15(12)20-4)14(10-17)16(18-11)19(2)3/h5-9H,1-4H3. The number of pyridine rings is 1. The minimum atomic E-state index is 0.560. The summed E-state index contributed by atoms with van der Waals surface area (Å²) in [4.78, 5) is 6.30. The summed E-state index contributed by atoms with van der Waals surface area (Å²) >= 11 is 0. The van der Waals surface area contributed by atoms with Crippen LogP contribution in [0.5, 0.6) is 5.75 Å². The van der Waals surface area contributed by atoms with Crippen molar-refractivity contribution in [2.45, 2.75) is 6.92 Å². The summed E-state index contributed by atoms with van der Waals surface area (Å²) in [6.45, 7) is 1.92. The van der Waals surface area contributed by atoms with Crippen molar-refractivity contribution < 1.29 is 4.74 Å². The van der Waals surface area contributed by atoms with Crippen molar-refractivity contribution in [3.63, 3.8) is 0 Å². The van der Waals surface area contributed by atoms with E-state index in [1.807, 2.05) is 56.3 Å².